The Bertz CT molecular complexity index is 313. The molecule has 0 fully saturated rings. The van der Waals surface area contributed by atoms with E-state index in [-0.39, 0.29) is 17.6 Å². The molecule has 0 aliphatic rings. The molecule has 76 valence electrons. The summed E-state index contributed by atoms with van der Waals surface area (Å²) in [6, 6.07) is 8.53. The Morgan fingerprint density at radius 2 is 1.86 bits per heavy atom. The van der Waals surface area contributed by atoms with Crippen molar-refractivity contribution in [3.63, 3.8) is 0 Å². The standard InChI is InChI=1S/C9H8ClNO2.ClH/c1-7(10)11(9(12)13)8-5-3-2-4-6-8;/h2-6H,1H2,(H,12,13);1H. The summed E-state index contributed by atoms with van der Waals surface area (Å²) >= 11 is 5.52. The van der Waals surface area contributed by atoms with Gasteiger partial charge in [-0.15, -0.1) is 12.4 Å². The molecule has 1 aromatic carbocycles. The third-order valence-electron chi connectivity index (χ3n) is 1.45. The van der Waals surface area contributed by atoms with Crippen molar-refractivity contribution in [1.29, 1.82) is 0 Å². The molecule has 0 atom stereocenters. The first-order chi connectivity index (χ1) is 6.13. The molecule has 1 rings (SSSR count). The Morgan fingerprint density at radius 1 is 1.36 bits per heavy atom. The van der Waals surface area contributed by atoms with Gasteiger partial charge in [-0.25, -0.2) is 9.69 Å². The fourth-order valence-electron chi connectivity index (χ4n) is 0.931. The number of carbonyl (C=O) groups is 1. The van der Waals surface area contributed by atoms with Crippen LogP contribution in [0.3, 0.4) is 0 Å². The quantitative estimate of drug-likeness (QED) is 0.797. The van der Waals surface area contributed by atoms with Crippen molar-refractivity contribution in [3.8, 4) is 0 Å². The first-order valence-electron chi connectivity index (χ1n) is 3.55. The number of benzene rings is 1. The summed E-state index contributed by atoms with van der Waals surface area (Å²) < 4.78 is 0. The van der Waals surface area contributed by atoms with Crippen molar-refractivity contribution in [3.05, 3.63) is 42.1 Å². The molecular weight excluding hydrogens is 225 g/mol. The fourth-order valence-corrected chi connectivity index (χ4v) is 1.10. The van der Waals surface area contributed by atoms with E-state index in [1.54, 1.807) is 30.3 Å². The second-order valence-corrected chi connectivity index (χ2v) is 2.77. The van der Waals surface area contributed by atoms with Crippen molar-refractivity contribution in [2.24, 2.45) is 0 Å². The van der Waals surface area contributed by atoms with E-state index in [1.165, 1.54) is 0 Å². The van der Waals surface area contributed by atoms with Gasteiger partial charge in [-0.3, -0.25) is 0 Å². The van der Waals surface area contributed by atoms with Crippen molar-refractivity contribution < 1.29 is 9.90 Å². The molecule has 0 spiro atoms. The molecule has 0 saturated carbocycles. The number of amides is 1. The monoisotopic (exact) mass is 233 g/mol. The molecule has 5 heteroatoms. The van der Waals surface area contributed by atoms with Crippen molar-refractivity contribution >= 4 is 35.8 Å². The second-order valence-electron chi connectivity index (χ2n) is 2.33. The van der Waals surface area contributed by atoms with E-state index in [4.69, 9.17) is 16.7 Å². The average Bonchev–Trinajstić information content (AvgIpc) is 2.04. The van der Waals surface area contributed by atoms with Crippen LogP contribution in [0.5, 0.6) is 0 Å². The molecule has 1 N–H and O–H groups in total. The van der Waals surface area contributed by atoms with Gasteiger partial charge in [0.1, 0.15) is 5.16 Å². The van der Waals surface area contributed by atoms with Gasteiger partial charge in [-0.2, -0.15) is 0 Å². The van der Waals surface area contributed by atoms with Crippen LogP contribution in [0.1, 0.15) is 0 Å². The largest absolute Gasteiger partial charge is 0.464 e. The third kappa shape index (κ3) is 2.94. The highest BCUT2D eigenvalue weighted by molar-refractivity contribution is 6.32. The Hall–Kier alpha value is -1.19. The summed E-state index contributed by atoms with van der Waals surface area (Å²) in [6.07, 6.45) is -1.15. The lowest BCUT2D eigenvalue weighted by atomic mass is 10.3. The van der Waals surface area contributed by atoms with Gasteiger partial charge in [0.2, 0.25) is 0 Å². The number of hydrogen-bond acceptors (Lipinski definition) is 1. The van der Waals surface area contributed by atoms with Crippen LogP contribution >= 0.6 is 24.0 Å². The number of halogens is 2. The predicted molar refractivity (Wildman–Crippen MR) is 59.2 cm³/mol. The van der Waals surface area contributed by atoms with E-state index < -0.39 is 6.09 Å². The van der Waals surface area contributed by atoms with Gasteiger partial charge >= 0.3 is 6.09 Å². The maximum absolute atomic E-state index is 10.7. The summed E-state index contributed by atoms with van der Waals surface area (Å²) in [5, 5.41) is 8.73. The minimum Gasteiger partial charge on any atom is -0.464 e. The molecule has 3 nitrogen and oxygen atoms in total. The highest BCUT2D eigenvalue weighted by atomic mass is 35.5. The number of anilines is 1. The lowest BCUT2D eigenvalue weighted by molar-refractivity contribution is 0.204. The van der Waals surface area contributed by atoms with Crippen LogP contribution in [0.15, 0.2) is 42.1 Å². The number of carboxylic acid groups (broad SMARTS) is 1. The highest BCUT2D eigenvalue weighted by Gasteiger charge is 2.15. The molecule has 0 heterocycles. The summed E-state index contributed by atoms with van der Waals surface area (Å²) in [4.78, 5) is 11.6. The molecule has 1 amide bonds. The van der Waals surface area contributed by atoms with Crippen LogP contribution in [0, 0.1) is 0 Å². The number of rotatable bonds is 2. The summed E-state index contributed by atoms with van der Waals surface area (Å²) in [5.74, 6) is 0. The number of para-hydroxylation sites is 1. The Kier molecular flexibility index (Phi) is 5.05. The minimum absolute atomic E-state index is 0. The zero-order valence-corrected chi connectivity index (χ0v) is 8.76. The highest BCUT2D eigenvalue weighted by Crippen LogP contribution is 2.19. The van der Waals surface area contributed by atoms with Gasteiger partial charge < -0.3 is 5.11 Å². The summed E-state index contributed by atoms with van der Waals surface area (Å²) in [6.45, 7) is 3.36. The molecule has 0 aromatic heterocycles. The molecule has 0 unspecified atom stereocenters. The first kappa shape index (κ1) is 12.8. The van der Waals surface area contributed by atoms with Gasteiger partial charge in [-0.1, -0.05) is 36.4 Å². The van der Waals surface area contributed by atoms with E-state index in [0.29, 0.717) is 5.69 Å². The lowest BCUT2D eigenvalue weighted by Gasteiger charge is -2.16. The van der Waals surface area contributed by atoms with Gasteiger partial charge in [0.05, 0.1) is 5.69 Å². The number of hydrogen-bond donors (Lipinski definition) is 1. The van der Waals surface area contributed by atoms with Gasteiger partial charge in [0, 0.05) is 0 Å². The average molecular weight is 234 g/mol. The Labute approximate surface area is 93.0 Å². The maximum atomic E-state index is 10.7. The Balaban J connectivity index is 0.00000169. The molecule has 0 bridgehead atoms. The van der Waals surface area contributed by atoms with Gasteiger partial charge in [-0.05, 0) is 12.1 Å². The van der Waals surface area contributed by atoms with Crippen LogP contribution in [0.4, 0.5) is 10.5 Å². The summed E-state index contributed by atoms with van der Waals surface area (Å²) in [5.41, 5.74) is 0.481. The molecular formula is C9H9Cl2NO2. The van der Waals surface area contributed by atoms with Crippen molar-refractivity contribution in [2.45, 2.75) is 0 Å². The normalized spacial score (nSPS) is 8.64. The zero-order valence-electron chi connectivity index (χ0n) is 7.18. The topological polar surface area (TPSA) is 40.5 Å². The molecule has 0 radical (unpaired) electrons. The van der Waals surface area contributed by atoms with Crippen LogP contribution in [-0.4, -0.2) is 11.2 Å². The van der Waals surface area contributed by atoms with Crippen LogP contribution in [-0.2, 0) is 0 Å². The summed E-state index contributed by atoms with van der Waals surface area (Å²) in [7, 11) is 0. The zero-order chi connectivity index (χ0) is 9.84. The van der Waals surface area contributed by atoms with E-state index in [9.17, 15) is 4.79 Å². The van der Waals surface area contributed by atoms with E-state index in [0.717, 1.165) is 4.90 Å². The van der Waals surface area contributed by atoms with Gasteiger partial charge in [0.15, 0.2) is 0 Å². The van der Waals surface area contributed by atoms with Crippen LogP contribution in [0.2, 0.25) is 0 Å². The van der Waals surface area contributed by atoms with Gasteiger partial charge in [0.25, 0.3) is 0 Å². The fraction of sp³-hybridized carbons (Fsp3) is 0. The first-order valence-corrected chi connectivity index (χ1v) is 3.93. The number of nitrogens with zero attached hydrogens (tertiary/aromatic N) is 1. The SMILES string of the molecule is C=C(Cl)N(C(=O)O)c1ccccc1.Cl. The molecule has 0 saturated heterocycles. The van der Waals surface area contributed by atoms with Crippen molar-refractivity contribution in [1.82, 2.24) is 0 Å². The van der Waals surface area contributed by atoms with E-state index in [2.05, 4.69) is 6.58 Å². The molecule has 14 heavy (non-hydrogen) atoms. The Morgan fingerprint density at radius 3 is 2.21 bits per heavy atom. The second kappa shape index (κ2) is 5.52. The molecule has 0 aliphatic heterocycles. The maximum Gasteiger partial charge on any atom is 0.417 e. The lowest BCUT2D eigenvalue weighted by Crippen LogP contribution is -2.25. The van der Waals surface area contributed by atoms with Crippen molar-refractivity contribution in [2.75, 3.05) is 4.90 Å². The molecule has 1 aromatic rings. The smallest absolute Gasteiger partial charge is 0.417 e. The predicted octanol–water partition coefficient (Wildman–Crippen LogP) is 3.30. The van der Waals surface area contributed by atoms with E-state index >= 15 is 0 Å². The molecule has 0 aliphatic carbocycles. The van der Waals surface area contributed by atoms with Crippen LogP contribution < -0.4 is 4.90 Å². The minimum atomic E-state index is -1.15. The third-order valence-corrected chi connectivity index (χ3v) is 1.62. The van der Waals surface area contributed by atoms with E-state index in [1.807, 2.05) is 0 Å². The van der Waals surface area contributed by atoms with Crippen LogP contribution in [0.25, 0.3) is 0 Å².